The number of aryl methyl sites for hydroxylation is 1. The second kappa shape index (κ2) is 5.39. The highest BCUT2D eigenvalue weighted by Crippen LogP contribution is 2.28. The van der Waals surface area contributed by atoms with Crippen molar-refractivity contribution < 1.29 is 9.59 Å². The van der Waals surface area contributed by atoms with Gasteiger partial charge in [-0.1, -0.05) is 0 Å². The fourth-order valence-corrected chi connectivity index (χ4v) is 3.42. The molecule has 3 heterocycles. The van der Waals surface area contributed by atoms with E-state index in [1.165, 1.54) is 0 Å². The van der Waals surface area contributed by atoms with Crippen molar-refractivity contribution in [2.24, 2.45) is 7.05 Å². The summed E-state index contributed by atoms with van der Waals surface area (Å²) in [6.45, 7) is 3.18. The number of carbonyl (C=O) groups is 2. The summed E-state index contributed by atoms with van der Waals surface area (Å²) in [5.74, 6) is -0.0558. The highest BCUT2D eigenvalue weighted by atomic mass is 16.2. The van der Waals surface area contributed by atoms with Gasteiger partial charge in [-0.25, -0.2) is 0 Å². The van der Waals surface area contributed by atoms with Crippen LogP contribution in [-0.2, 0) is 11.8 Å². The molecule has 7 nitrogen and oxygen atoms in total. The Bertz CT molecular complexity index is 597. The minimum absolute atomic E-state index is 0.0536. The van der Waals surface area contributed by atoms with Crippen molar-refractivity contribution in [2.45, 2.75) is 31.5 Å². The van der Waals surface area contributed by atoms with Crippen molar-refractivity contribution in [3.8, 4) is 0 Å². The third kappa shape index (κ3) is 2.39. The zero-order chi connectivity index (χ0) is 16.0. The van der Waals surface area contributed by atoms with Gasteiger partial charge in [-0.3, -0.25) is 14.3 Å². The van der Waals surface area contributed by atoms with Crippen molar-refractivity contribution in [3.05, 3.63) is 18.0 Å². The van der Waals surface area contributed by atoms with Crippen LogP contribution in [0.4, 0.5) is 0 Å². The molecular weight excluding hydrogens is 282 g/mol. The first-order valence-electron chi connectivity index (χ1n) is 7.65. The molecule has 2 aliphatic heterocycles. The third-order valence-electron chi connectivity index (χ3n) is 4.85. The van der Waals surface area contributed by atoms with Crippen molar-refractivity contribution in [2.75, 3.05) is 27.2 Å². The second-order valence-electron chi connectivity index (χ2n) is 6.53. The van der Waals surface area contributed by atoms with Crippen LogP contribution in [0.15, 0.2) is 12.4 Å². The minimum Gasteiger partial charge on any atom is -0.335 e. The molecule has 0 aliphatic carbocycles. The summed E-state index contributed by atoms with van der Waals surface area (Å²) in [6, 6.07) is 0.0798. The smallest absolute Gasteiger partial charge is 0.257 e. The molecule has 2 amide bonds. The van der Waals surface area contributed by atoms with Crippen LogP contribution in [-0.4, -0.2) is 81.6 Å². The molecule has 2 saturated heterocycles. The predicted octanol–water partition coefficient (Wildman–Crippen LogP) is -0.204. The molecule has 0 unspecified atom stereocenters. The molecule has 120 valence electrons. The Kier molecular flexibility index (Phi) is 3.68. The Labute approximate surface area is 130 Å². The van der Waals surface area contributed by atoms with Crippen LogP contribution >= 0.6 is 0 Å². The van der Waals surface area contributed by atoms with E-state index < -0.39 is 6.04 Å². The van der Waals surface area contributed by atoms with Gasteiger partial charge in [-0.2, -0.15) is 5.10 Å². The molecule has 22 heavy (non-hydrogen) atoms. The predicted molar refractivity (Wildman–Crippen MR) is 81.3 cm³/mol. The van der Waals surface area contributed by atoms with E-state index in [0.717, 1.165) is 13.0 Å². The molecule has 1 aromatic rings. The molecule has 0 N–H and O–H groups in total. The van der Waals surface area contributed by atoms with E-state index in [0.29, 0.717) is 18.2 Å². The monoisotopic (exact) mass is 305 g/mol. The minimum atomic E-state index is -0.412. The van der Waals surface area contributed by atoms with Crippen molar-refractivity contribution >= 4 is 11.8 Å². The summed E-state index contributed by atoms with van der Waals surface area (Å²) < 4.78 is 1.60. The van der Waals surface area contributed by atoms with Crippen molar-refractivity contribution in [3.63, 3.8) is 0 Å². The van der Waals surface area contributed by atoms with Gasteiger partial charge in [0.1, 0.15) is 6.04 Å². The lowest BCUT2D eigenvalue weighted by molar-refractivity contribution is -0.141. The van der Waals surface area contributed by atoms with E-state index in [1.807, 2.05) is 25.9 Å². The maximum atomic E-state index is 12.7. The molecule has 3 atom stereocenters. The number of fused-ring (bicyclic) bond motifs is 1. The Morgan fingerprint density at radius 2 is 2.09 bits per heavy atom. The fourth-order valence-electron chi connectivity index (χ4n) is 3.42. The molecular formula is C15H23N5O2. The van der Waals surface area contributed by atoms with Crippen LogP contribution < -0.4 is 0 Å². The first-order chi connectivity index (χ1) is 10.4. The van der Waals surface area contributed by atoms with Gasteiger partial charge in [0, 0.05) is 32.4 Å². The number of amides is 2. The Morgan fingerprint density at radius 1 is 1.36 bits per heavy atom. The average molecular weight is 305 g/mol. The van der Waals surface area contributed by atoms with E-state index in [1.54, 1.807) is 29.0 Å². The van der Waals surface area contributed by atoms with Crippen molar-refractivity contribution in [1.82, 2.24) is 24.5 Å². The van der Waals surface area contributed by atoms with Gasteiger partial charge in [0.2, 0.25) is 5.91 Å². The number of piperazine rings is 1. The number of carbonyl (C=O) groups excluding carboxylic acids is 2. The standard InChI is InChI=1S/C15H23N5O2/c1-10-14(21)20-8-12(17(2)3)5-13(20)9-19(10)15(22)11-6-16-18(4)7-11/h6-7,10,12-13H,5,8-9H2,1-4H3/t10-,12-,13-/m0/s1. The Balaban J connectivity index is 1.80. The number of likely N-dealkylation sites (N-methyl/N-ethyl adjacent to an activating group) is 1. The topological polar surface area (TPSA) is 61.7 Å². The fraction of sp³-hybridized carbons (Fsp3) is 0.667. The lowest BCUT2D eigenvalue weighted by Crippen LogP contribution is -2.60. The zero-order valence-corrected chi connectivity index (χ0v) is 13.6. The molecule has 0 bridgehead atoms. The number of aromatic nitrogens is 2. The van der Waals surface area contributed by atoms with Gasteiger partial charge < -0.3 is 14.7 Å². The molecule has 3 rings (SSSR count). The molecule has 0 saturated carbocycles. The van der Waals surface area contributed by atoms with Crippen molar-refractivity contribution in [1.29, 1.82) is 0 Å². The van der Waals surface area contributed by atoms with Gasteiger partial charge >= 0.3 is 0 Å². The largest absolute Gasteiger partial charge is 0.335 e. The van der Waals surface area contributed by atoms with Crippen LogP contribution in [0.25, 0.3) is 0 Å². The first kappa shape index (κ1) is 15.0. The number of nitrogens with zero attached hydrogens (tertiary/aromatic N) is 5. The van der Waals surface area contributed by atoms with E-state index >= 15 is 0 Å². The molecule has 1 aromatic heterocycles. The van der Waals surface area contributed by atoms with Crippen LogP contribution in [0, 0.1) is 0 Å². The maximum Gasteiger partial charge on any atom is 0.257 e. The average Bonchev–Trinajstić information content (AvgIpc) is 3.08. The van der Waals surface area contributed by atoms with Crippen LogP contribution in [0.2, 0.25) is 0 Å². The number of hydrogen-bond donors (Lipinski definition) is 0. The molecule has 7 heteroatoms. The summed E-state index contributed by atoms with van der Waals surface area (Å²) >= 11 is 0. The summed E-state index contributed by atoms with van der Waals surface area (Å²) in [6.07, 6.45) is 4.18. The lowest BCUT2D eigenvalue weighted by Gasteiger charge is -2.41. The van der Waals surface area contributed by atoms with Gasteiger partial charge in [0.05, 0.1) is 17.8 Å². The molecule has 2 aliphatic rings. The van der Waals surface area contributed by atoms with Gasteiger partial charge in [-0.15, -0.1) is 0 Å². The van der Waals surface area contributed by atoms with E-state index in [4.69, 9.17) is 0 Å². The lowest BCUT2D eigenvalue weighted by atomic mass is 10.1. The van der Waals surface area contributed by atoms with Gasteiger partial charge in [0.15, 0.2) is 0 Å². The van der Waals surface area contributed by atoms with E-state index in [2.05, 4.69) is 10.00 Å². The van der Waals surface area contributed by atoms with Crippen LogP contribution in [0.1, 0.15) is 23.7 Å². The normalized spacial score (nSPS) is 28.4. The zero-order valence-electron chi connectivity index (χ0n) is 13.6. The SMILES string of the molecule is C[C@H]1C(=O)N2C[C@@H](N(C)C)C[C@H]2CN1C(=O)c1cnn(C)c1. The van der Waals surface area contributed by atoms with E-state index in [-0.39, 0.29) is 17.9 Å². The number of rotatable bonds is 2. The summed E-state index contributed by atoms with van der Waals surface area (Å²) in [7, 11) is 5.85. The van der Waals surface area contributed by atoms with Gasteiger partial charge in [-0.05, 0) is 27.4 Å². The quantitative estimate of drug-likeness (QED) is 0.759. The van der Waals surface area contributed by atoms with Gasteiger partial charge in [0.25, 0.3) is 5.91 Å². The summed E-state index contributed by atoms with van der Waals surface area (Å²) in [4.78, 5) is 31.1. The highest BCUT2D eigenvalue weighted by Gasteiger charge is 2.45. The second-order valence-corrected chi connectivity index (χ2v) is 6.53. The van der Waals surface area contributed by atoms with Crippen LogP contribution in [0.5, 0.6) is 0 Å². The molecule has 0 spiro atoms. The highest BCUT2D eigenvalue weighted by molar-refractivity contribution is 5.98. The van der Waals surface area contributed by atoms with Crippen LogP contribution in [0.3, 0.4) is 0 Å². The molecule has 0 radical (unpaired) electrons. The Morgan fingerprint density at radius 3 is 2.68 bits per heavy atom. The summed E-state index contributed by atoms with van der Waals surface area (Å²) in [5.41, 5.74) is 0.540. The number of hydrogen-bond acceptors (Lipinski definition) is 4. The third-order valence-corrected chi connectivity index (χ3v) is 4.85. The summed E-state index contributed by atoms with van der Waals surface area (Å²) in [5, 5.41) is 4.05. The first-order valence-corrected chi connectivity index (χ1v) is 7.65. The maximum absolute atomic E-state index is 12.7. The molecule has 2 fully saturated rings. The molecule has 0 aromatic carbocycles. The Hall–Kier alpha value is -1.89. The van der Waals surface area contributed by atoms with E-state index in [9.17, 15) is 9.59 Å².